The van der Waals surface area contributed by atoms with Crippen LogP contribution in [0, 0.1) is 0 Å². The zero-order valence-electron chi connectivity index (χ0n) is 16.1. The summed E-state index contributed by atoms with van der Waals surface area (Å²) < 4.78 is 10.8. The van der Waals surface area contributed by atoms with Crippen LogP contribution in [0.5, 0.6) is 11.5 Å². The minimum atomic E-state index is -0.270. The largest absolute Gasteiger partial charge is 0.454 e. The first-order valence-corrected chi connectivity index (χ1v) is 9.36. The number of fused-ring (bicyclic) bond motifs is 1. The fourth-order valence-electron chi connectivity index (χ4n) is 3.22. The maximum Gasteiger partial charge on any atom is 0.231 e. The van der Waals surface area contributed by atoms with Gasteiger partial charge in [-0.1, -0.05) is 19.9 Å². The summed E-state index contributed by atoms with van der Waals surface area (Å²) in [5.41, 5.74) is 6.80. The van der Waals surface area contributed by atoms with Crippen molar-refractivity contribution in [2.24, 2.45) is 5.73 Å². The molecule has 1 aliphatic rings. The van der Waals surface area contributed by atoms with Crippen molar-refractivity contribution in [3.8, 4) is 11.5 Å². The summed E-state index contributed by atoms with van der Waals surface area (Å²) >= 11 is 0. The number of hydrogen-bond donors (Lipinski definition) is 2. The number of rotatable bonds is 8. The summed E-state index contributed by atoms with van der Waals surface area (Å²) in [5, 5.41) is 6.89. The maximum absolute atomic E-state index is 13.0. The number of aromatic amines is 1. The summed E-state index contributed by atoms with van der Waals surface area (Å²) in [5.74, 6) is 2.52. The number of nitrogens with two attached hydrogens (primary N) is 1. The molecule has 1 amide bonds. The predicted octanol–water partition coefficient (Wildman–Crippen LogP) is 2.31. The Kier molecular flexibility index (Phi) is 5.95. The number of aromatic nitrogens is 3. The van der Waals surface area contributed by atoms with Gasteiger partial charge in [-0.15, -0.1) is 0 Å². The van der Waals surface area contributed by atoms with E-state index in [1.54, 1.807) is 0 Å². The smallest absolute Gasteiger partial charge is 0.231 e. The van der Waals surface area contributed by atoms with Crippen LogP contribution < -0.4 is 15.2 Å². The molecule has 3 N–H and O–H groups in total. The number of benzene rings is 1. The van der Waals surface area contributed by atoms with E-state index in [1.165, 1.54) is 0 Å². The molecule has 8 nitrogen and oxygen atoms in total. The normalized spacial score (nSPS) is 13.8. The van der Waals surface area contributed by atoms with E-state index in [0.29, 0.717) is 18.2 Å². The molecule has 0 radical (unpaired) electrons. The molecule has 0 unspecified atom stereocenters. The van der Waals surface area contributed by atoms with E-state index in [-0.39, 0.29) is 31.2 Å². The highest BCUT2D eigenvalue weighted by atomic mass is 16.7. The third-order valence-corrected chi connectivity index (χ3v) is 4.77. The van der Waals surface area contributed by atoms with Crippen LogP contribution in [0.1, 0.15) is 56.9 Å². The van der Waals surface area contributed by atoms with Gasteiger partial charge in [0.25, 0.3) is 0 Å². The number of carbonyl (C=O) groups excluding carboxylic acids is 1. The van der Waals surface area contributed by atoms with Crippen LogP contribution in [-0.2, 0) is 17.8 Å². The zero-order valence-corrected chi connectivity index (χ0v) is 16.1. The highest BCUT2D eigenvalue weighted by molar-refractivity contribution is 5.78. The SMILES string of the molecule is CCC(CC)N(Cc1ccc2c(c1)OCO2)C(=O)Cc1nc([C@H](C)N)n[nH]1. The van der Waals surface area contributed by atoms with E-state index >= 15 is 0 Å². The van der Waals surface area contributed by atoms with Gasteiger partial charge in [0.05, 0.1) is 12.5 Å². The number of nitrogens with one attached hydrogen (secondary N) is 1. The highest BCUT2D eigenvalue weighted by Crippen LogP contribution is 2.33. The molecular weight excluding hydrogens is 346 g/mol. The third kappa shape index (κ3) is 4.39. The van der Waals surface area contributed by atoms with Gasteiger partial charge in [0, 0.05) is 12.6 Å². The van der Waals surface area contributed by atoms with Crippen LogP contribution in [0.15, 0.2) is 18.2 Å². The fourth-order valence-corrected chi connectivity index (χ4v) is 3.22. The number of carbonyl (C=O) groups is 1. The molecule has 1 aliphatic heterocycles. The fraction of sp³-hybridized carbons (Fsp3) is 0.526. The lowest BCUT2D eigenvalue weighted by atomic mass is 10.1. The van der Waals surface area contributed by atoms with Gasteiger partial charge in [-0.3, -0.25) is 9.89 Å². The first-order valence-electron chi connectivity index (χ1n) is 9.36. The minimum Gasteiger partial charge on any atom is -0.454 e. The molecule has 3 rings (SSSR count). The van der Waals surface area contributed by atoms with Crippen molar-refractivity contribution in [2.45, 2.75) is 58.7 Å². The molecule has 0 bridgehead atoms. The van der Waals surface area contributed by atoms with Gasteiger partial charge in [-0.25, -0.2) is 4.98 Å². The second kappa shape index (κ2) is 8.39. The average Bonchev–Trinajstić information content (AvgIpc) is 3.30. The summed E-state index contributed by atoms with van der Waals surface area (Å²) in [7, 11) is 0. The van der Waals surface area contributed by atoms with Crippen molar-refractivity contribution in [3.63, 3.8) is 0 Å². The summed E-state index contributed by atoms with van der Waals surface area (Å²) in [6.07, 6.45) is 1.93. The van der Waals surface area contributed by atoms with Gasteiger partial charge in [0.15, 0.2) is 17.3 Å². The second-order valence-corrected chi connectivity index (χ2v) is 6.79. The molecule has 0 fully saturated rings. The van der Waals surface area contributed by atoms with E-state index in [9.17, 15) is 4.79 Å². The second-order valence-electron chi connectivity index (χ2n) is 6.79. The first kappa shape index (κ1) is 19.2. The molecule has 1 aromatic heterocycles. The van der Waals surface area contributed by atoms with Gasteiger partial charge in [0.2, 0.25) is 12.7 Å². The number of amides is 1. The van der Waals surface area contributed by atoms with E-state index in [1.807, 2.05) is 30.0 Å². The number of nitrogens with zero attached hydrogens (tertiary/aromatic N) is 3. The minimum absolute atomic E-state index is 0.00809. The maximum atomic E-state index is 13.0. The van der Waals surface area contributed by atoms with Crippen molar-refractivity contribution in [2.75, 3.05) is 6.79 Å². The van der Waals surface area contributed by atoms with Gasteiger partial charge >= 0.3 is 0 Å². The monoisotopic (exact) mass is 373 g/mol. The summed E-state index contributed by atoms with van der Waals surface area (Å²) in [6, 6.07) is 5.68. The Hall–Kier alpha value is -2.61. The number of hydrogen-bond acceptors (Lipinski definition) is 6. The molecule has 146 valence electrons. The molecule has 2 aromatic rings. The molecule has 0 saturated carbocycles. The Morgan fingerprint density at radius 1 is 1.30 bits per heavy atom. The molecule has 8 heteroatoms. The zero-order chi connectivity index (χ0) is 19.4. The Bertz CT molecular complexity index is 785. The van der Waals surface area contributed by atoms with Crippen LogP contribution in [0.25, 0.3) is 0 Å². The average molecular weight is 373 g/mol. The van der Waals surface area contributed by atoms with Gasteiger partial charge < -0.3 is 20.1 Å². The number of H-pyrrole nitrogens is 1. The van der Waals surface area contributed by atoms with Crippen molar-refractivity contribution < 1.29 is 14.3 Å². The molecular formula is C19H27N5O3. The lowest BCUT2D eigenvalue weighted by Crippen LogP contribution is -2.40. The van der Waals surface area contributed by atoms with Crippen LogP contribution in [0.3, 0.4) is 0 Å². The topological polar surface area (TPSA) is 106 Å². The van der Waals surface area contributed by atoms with Gasteiger partial charge in [-0.2, -0.15) is 5.10 Å². The Morgan fingerprint density at radius 2 is 2.04 bits per heavy atom. The lowest BCUT2D eigenvalue weighted by Gasteiger charge is -2.30. The summed E-state index contributed by atoms with van der Waals surface area (Å²) in [4.78, 5) is 19.3. The number of ether oxygens (including phenoxy) is 2. The Balaban J connectivity index is 1.76. The standard InChI is InChI=1S/C19H27N5O3/c1-4-14(5-2)24(10-13-6-7-15-16(8-13)27-11-26-15)18(25)9-17-21-19(12(3)20)23-22-17/h6-8,12,14H,4-5,9-11,20H2,1-3H3,(H,21,22,23)/t12-/m0/s1. The van der Waals surface area contributed by atoms with Gasteiger partial charge in [-0.05, 0) is 37.5 Å². The Morgan fingerprint density at radius 3 is 2.70 bits per heavy atom. The van der Waals surface area contributed by atoms with E-state index in [0.717, 1.165) is 29.9 Å². The Labute approximate surface area is 159 Å². The molecule has 0 spiro atoms. The lowest BCUT2D eigenvalue weighted by molar-refractivity contribution is -0.133. The van der Waals surface area contributed by atoms with E-state index in [4.69, 9.17) is 15.2 Å². The molecule has 0 saturated heterocycles. The van der Waals surface area contributed by atoms with E-state index in [2.05, 4.69) is 29.0 Å². The van der Waals surface area contributed by atoms with Gasteiger partial charge in [0.1, 0.15) is 5.82 Å². The summed E-state index contributed by atoms with van der Waals surface area (Å²) in [6.45, 7) is 6.75. The third-order valence-electron chi connectivity index (χ3n) is 4.77. The quantitative estimate of drug-likeness (QED) is 0.735. The van der Waals surface area contributed by atoms with Crippen molar-refractivity contribution in [1.82, 2.24) is 20.1 Å². The van der Waals surface area contributed by atoms with Crippen molar-refractivity contribution in [1.29, 1.82) is 0 Å². The predicted molar refractivity (Wildman–Crippen MR) is 100 cm³/mol. The van der Waals surface area contributed by atoms with Crippen LogP contribution >= 0.6 is 0 Å². The highest BCUT2D eigenvalue weighted by Gasteiger charge is 2.24. The van der Waals surface area contributed by atoms with Crippen molar-refractivity contribution >= 4 is 5.91 Å². The molecule has 1 atom stereocenters. The van der Waals surface area contributed by atoms with Crippen LogP contribution in [0.2, 0.25) is 0 Å². The molecule has 1 aromatic carbocycles. The van der Waals surface area contributed by atoms with E-state index < -0.39 is 0 Å². The first-order chi connectivity index (χ1) is 13.0. The molecule has 2 heterocycles. The molecule has 27 heavy (non-hydrogen) atoms. The van der Waals surface area contributed by atoms with Crippen LogP contribution in [-0.4, -0.2) is 38.8 Å². The van der Waals surface area contributed by atoms with Crippen LogP contribution in [0.4, 0.5) is 0 Å². The molecule has 0 aliphatic carbocycles. The van der Waals surface area contributed by atoms with Crippen molar-refractivity contribution in [3.05, 3.63) is 35.4 Å².